The lowest BCUT2D eigenvalue weighted by Gasteiger charge is -2.21. The maximum Gasteiger partial charge on any atom is 0.265 e. The minimum Gasteiger partial charge on any atom is -0.305 e. The molecule has 104 valence electrons. The maximum atomic E-state index is 11.7. The molecule has 0 bridgehead atoms. The monoisotopic (exact) mass is 262 g/mol. The van der Waals surface area contributed by atoms with Crippen molar-refractivity contribution in [1.82, 2.24) is 15.2 Å². The number of nitrogens with zero attached hydrogens (tertiary/aromatic N) is 2. The van der Waals surface area contributed by atoms with Gasteiger partial charge in [0.15, 0.2) is 0 Å². The van der Waals surface area contributed by atoms with Crippen LogP contribution in [0, 0.1) is 0 Å². The standard InChI is InChI=1S/C14H22N4O/c1-17-7-4-8-18(10-9-17)11-12-5-2-3-6-13(12)14(19)16-15/h2-3,5-6H,4,7-11,15H2,1H3,(H,16,19). The van der Waals surface area contributed by atoms with Gasteiger partial charge in [-0.2, -0.15) is 0 Å². The van der Waals surface area contributed by atoms with Crippen molar-refractivity contribution in [3.63, 3.8) is 0 Å². The third kappa shape index (κ3) is 3.76. The Bertz CT molecular complexity index is 435. The molecular formula is C14H22N4O. The fourth-order valence-electron chi connectivity index (χ4n) is 2.46. The molecule has 1 saturated heterocycles. The molecule has 1 fully saturated rings. The van der Waals surface area contributed by atoms with E-state index >= 15 is 0 Å². The number of carbonyl (C=O) groups excluding carboxylic acids is 1. The van der Waals surface area contributed by atoms with Gasteiger partial charge in [0.25, 0.3) is 5.91 Å². The van der Waals surface area contributed by atoms with Crippen LogP contribution >= 0.6 is 0 Å². The van der Waals surface area contributed by atoms with Crippen LogP contribution in [0.3, 0.4) is 0 Å². The van der Waals surface area contributed by atoms with Gasteiger partial charge in [-0.25, -0.2) is 5.84 Å². The van der Waals surface area contributed by atoms with Crippen LogP contribution in [0.5, 0.6) is 0 Å². The summed E-state index contributed by atoms with van der Waals surface area (Å²) in [6.07, 6.45) is 1.17. The van der Waals surface area contributed by atoms with Crippen LogP contribution in [0.2, 0.25) is 0 Å². The Morgan fingerprint density at radius 2 is 2.05 bits per heavy atom. The number of benzene rings is 1. The molecule has 5 heteroatoms. The number of carbonyl (C=O) groups is 1. The molecule has 5 nitrogen and oxygen atoms in total. The third-order valence-electron chi connectivity index (χ3n) is 3.60. The Labute approximate surface area is 114 Å². The molecule has 0 saturated carbocycles. The molecule has 19 heavy (non-hydrogen) atoms. The molecule has 0 unspecified atom stereocenters. The largest absolute Gasteiger partial charge is 0.305 e. The van der Waals surface area contributed by atoms with Gasteiger partial charge in [-0.15, -0.1) is 0 Å². The van der Waals surface area contributed by atoms with Crippen LogP contribution in [0.1, 0.15) is 22.3 Å². The highest BCUT2D eigenvalue weighted by molar-refractivity contribution is 5.95. The van der Waals surface area contributed by atoms with Gasteiger partial charge in [-0.05, 0) is 38.2 Å². The zero-order valence-electron chi connectivity index (χ0n) is 11.4. The summed E-state index contributed by atoms with van der Waals surface area (Å²) in [7, 11) is 2.15. The first-order valence-electron chi connectivity index (χ1n) is 6.70. The molecule has 1 heterocycles. The average molecular weight is 262 g/mol. The summed E-state index contributed by atoms with van der Waals surface area (Å²) in [5, 5.41) is 0. The van der Waals surface area contributed by atoms with E-state index < -0.39 is 0 Å². The summed E-state index contributed by atoms with van der Waals surface area (Å²) < 4.78 is 0. The fraction of sp³-hybridized carbons (Fsp3) is 0.500. The summed E-state index contributed by atoms with van der Waals surface area (Å²) in [5.41, 5.74) is 3.92. The van der Waals surface area contributed by atoms with E-state index in [2.05, 4.69) is 22.3 Å². The lowest BCUT2D eigenvalue weighted by Crippen LogP contribution is -2.33. The van der Waals surface area contributed by atoms with Crippen LogP contribution in [-0.4, -0.2) is 48.9 Å². The number of amides is 1. The molecule has 1 amide bonds. The number of hydrogen-bond acceptors (Lipinski definition) is 4. The van der Waals surface area contributed by atoms with E-state index in [9.17, 15) is 4.79 Å². The molecule has 3 N–H and O–H groups in total. The van der Waals surface area contributed by atoms with Gasteiger partial charge in [-0.1, -0.05) is 18.2 Å². The van der Waals surface area contributed by atoms with E-state index in [-0.39, 0.29) is 5.91 Å². The van der Waals surface area contributed by atoms with Crippen molar-refractivity contribution < 1.29 is 4.79 Å². The van der Waals surface area contributed by atoms with Crippen LogP contribution in [0.4, 0.5) is 0 Å². The second-order valence-corrected chi connectivity index (χ2v) is 5.06. The molecule has 0 radical (unpaired) electrons. The highest BCUT2D eigenvalue weighted by atomic mass is 16.2. The van der Waals surface area contributed by atoms with E-state index in [1.165, 1.54) is 6.42 Å². The Morgan fingerprint density at radius 3 is 2.84 bits per heavy atom. The highest BCUT2D eigenvalue weighted by Gasteiger charge is 2.15. The number of hydrogen-bond donors (Lipinski definition) is 2. The zero-order valence-corrected chi connectivity index (χ0v) is 11.4. The minimum atomic E-state index is -0.220. The first kappa shape index (κ1) is 14.0. The van der Waals surface area contributed by atoms with E-state index in [4.69, 9.17) is 5.84 Å². The second kappa shape index (κ2) is 6.65. The van der Waals surface area contributed by atoms with Gasteiger partial charge in [0.1, 0.15) is 0 Å². The lowest BCUT2D eigenvalue weighted by molar-refractivity contribution is 0.0951. The van der Waals surface area contributed by atoms with Gasteiger partial charge in [-0.3, -0.25) is 15.1 Å². The predicted octanol–water partition coefficient (Wildman–Crippen LogP) is 0.428. The molecule has 0 aliphatic carbocycles. The molecule has 1 aliphatic heterocycles. The molecule has 0 aromatic heterocycles. The van der Waals surface area contributed by atoms with Crippen LogP contribution < -0.4 is 11.3 Å². The second-order valence-electron chi connectivity index (χ2n) is 5.06. The fourth-order valence-corrected chi connectivity index (χ4v) is 2.46. The SMILES string of the molecule is CN1CCCN(Cc2ccccc2C(=O)NN)CC1. The van der Waals surface area contributed by atoms with Crippen molar-refractivity contribution in [2.24, 2.45) is 5.84 Å². The van der Waals surface area contributed by atoms with E-state index in [1.54, 1.807) is 0 Å². The molecule has 0 atom stereocenters. The first-order chi connectivity index (χ1) is 9.20. The maximum absolute atomic E-state index is 11.7. The Kier molecular flexibility index (Phi) is 4.90. The number of likely N-dealkylation sites (N-methyl/N-ethyl adjacent to an activating group) is 1. The first-order valence-corrected chi connectivity index (χ1v) is 6.70. The number of nitrogens with two attached hydrogens (primary N) is 1. The number of nitrogen functional groups attached to an aromatic ring is 1. The summed E-state index contributed by atoms with van der Waals surface area (Å²) in [6, 6.07) is 7.65. The molecule has 1 aliphatic rings. The van der Waals surface area contributed by atoms with Crippen molar-refractivity contribution in [1.29, 1.82) is 0 Å². The van der Waals surface area contributed by atoms with Crippen LogP contribution in [-0.2, 0) is 6.54 Å². The van der Waals surface area contributed by atoms with Gasteiger partial charge in [0, 0.05) is 25.2 Å². The van der Waals surface area contributed by atoms with E-state index in [1.807, 2.05) is 24.3 Å². The Hall–Kier alpha value is -1.43. The van der Waals surface area contributed by atoms with E-state index in [0.717, 1.165) is 38.3 Å². The van der Waals surface area contributed by atoms with Crippen LogP contribution in [0.25, 0.3) is 0 Å². The zero-order chi connectivity index (χ0) is 13.7. The van der Waals surface area contributed by atoms with Gasteiger partial charge < -0.3 is 4.90 Å². The van der Waals surface area contributed by atoms with Crippen molar-refractivity contribution >= 4 is 5.91 Å². The highest BCUT2D eigenvalue weighted by Crippen LogP contribution is 2.13. The van der Waals surface area contributed by atoms with Crippen molar-refractivity contribution in [2.75, 3.05) is 33.2 Å². The number of rotatable bonds is 3. The number of hydrazine groups is 1. The van der Waals surface area contributed by atoms with Gasteiger partial charge >= 0.3 is 0 Å². The molecular weight excluding hydrogens is 240 g/mol. The average Bonchev–Trinajstić information content (AvgIpc) is 2.63. The summed E-state index contributed by atoms with van der Waals surface area (Å²) in [6.45, 7) is 5.13. The predicted molar refractivity (Wildman–Crippen MR) is 75.5 cm³/mol. The Balaban J connectivity index is 2.08. The molecule has 2 rings (SSSR count). The summed E-state index contributed by atoms with van der Waals surface area (Å²) in [4.78, 5) is 16.5. The van der Waals surface area contributed by atoms with Crippen molar-refractivity contribution in [3.05, 3.63) is 35.4 Å². The van der Waals surface area contributed by atoms with Gasteiger partial charge in [0.2, 0.25) is 0 Å². The lowest BCUT2D eigenvalue weighted by atomic mass is 10.1. The topological polar surface area (TPSA) is 61.6 Å². The van der Waals surface area contributed by atoms with Crippen molar-refractivity contribution in [3.8, 4) is 0 Å². The molecule has 1 aromatic carbocycles. The quantitative estimate of drug-likeness (QED) is 0.471. The minimum absolute atomic E-state index is 0.220. The Morgan fingerprint density at radius 1 is 1.26 bits per heavy atom. The molecule has 1 aromatic rings. The van der Waals surface area contributed by atoms with E-state index in [0.29, 0.717) is 5.56 Å². The van der Waals surface area contributed by atoms with Crippen LogP contribution in [0.15, 0.2) is 24.3 Å². The van der Waals surface area contributed by atoms with Crippen molar-refractivity contribution in [2.45, 2.75) is 13.0 Å². The summed E-state index contributed by atoms with van der Waals surface area (Å²) >= 11 is 0. The molecule has 0 spiro atoms. The summed E-state index contributed by atoms with van der Waals surface area (Å²) in [5.74, 6) is 5.01. The number of nitrogens with one attached hydrogen (secondary N) is 1. The van der Waals surface area contributed by atoms with Gasteiger partial charge in [0.05, 0.1) is 0 Å². The third-order valence-corrected chi connectivity index (χ3v) is 3.60. The smallest absolute Gasteiger partial charge is 0.265 e. The normalized spacial score (nSPS) is 18.0.